The largest absolute Gasteiger partial charge is 0.469 e. The van der Waals surface area contributed by atoms with Crippen LogP contribution in [0.25, 0.3) is 0 Å². The molecule has 8 heteroatoms. The van der Waals surface area contributed by atoms with Crippen LogP contribution in [0, 0.1) is 92.7 Å². The molecule has 0 amide bonds. The highest BCUT2D eigenvalue weighted by Crippen LogP contribution is 2.70. The molecule has 8 aliphatic rings. The maximum absolute atomic E-state index is 13.2. The number of hydrogen-bond donors (Lipinski definition) is 0. The molecule has 0 spiro atoms. The molecule has 0 aromatic rings. The van der Waals surface area contributed by atoms with Crippen LogP contribution in [0.2, 0.25) is 0 Å². The zero-order chi connectivity index (χ0) is 45.6. The number of fused-ring (bicyclic) bond motifs is 10. The van der Waals surface area contributed by atoms with E-state index in [0.29, 0.717) is 95.7 Å². The summed E-state index contributed by atoms with van der Waals surface area (Å²) in [6.45, 7) is 15.1. The number of esters is 4. The second kappa shape index (κ2) is 19.5. The zero-order valence-electron chi connectivity index (χ0n) is 41.7. The van der Waals surface area contributed by atoms with Crippen LogP contribution < -0.4 is 0 Å². The Morgan fingerprint density at radius 2 is 0.828 bits per heavy atom. The summed E-state index contributed by atoms with van der Waals surface area (Å²) in [7, 11) is 3.00. The lowest BCUT2D eigenvalue weighted by atomic mass is 9.44. The van der Waals surface area contributed by atoms with Crippen molar-refractivity contribution >= 4 is 23.9 Å². The highest BCUT2D eigenvalue weighted by Gasteiger charge is 2.62. The van der Waals surface area contributed by atoms with Crippen molar-refractivity contribution in [1.82, 2.24) is 0 Å². The van der Waals surface area contributed by atoms with Crippen LogP contribution in [-0.2, 0) is 38.1 Å². The Kier molecular flexibility index (Phi) is 14.7. The molecule has 8 saturated carbocycles. The van der Waals surface area contributed by atoms with Gasteiger partial charge >= 0.3 is 23.9 Å². The van der Waals surface area contributed by atoms with E-state index in [2.05, 4.69) is 41.5 Å². The molecule has 0 aromatic carbocycles. The molecule has 0 heterocycles. The average molecular weight is 891 g/mol. The van der Waals surface area contributed by atoms with Crippen molar-refractivity contribution in [2.75, 3.05) is 14.2 Å². The summed E-state index contributed by atoms with van der Waals surface area (Å²) < 4.78 is 22.3. The minimum atomic E-state index is -0.0891. The fourth-order valence-corrected chi connectivity index (χ4v) is 18.9. The van der Waals surface area contributed by atoms with E-state index < -0.39 is 0 Å². The first kappa shape index (κ1) is 48.3. The Labute approximate surface area is 388 Å². The second-order valence-electron chi connectivity index (χ2n) is 24.9. The van der Waals surface area contributed by atoms with Crippen molar-refractivity contribution in [3.05, 3.63) is 0 Å². The second-order valence-corrected chi connectivity index (χ2v) is 24.9. The Morgan fingerprint density at radius 3 is 1.22 bits per heavy atom. The topological polar surface area (TPSA) is 105 Å². The van der Waals surface area contributed by atoms with E-state index in [1.807, 2.05) is 0 Å². The predicted octanol–water partition coefficient (Wildman–Crippen LogP) is 12.9. The Bertz CT molecular complexity index is 1560. The lowest BCUT2D eigenvalue weighted by Gasteiger charge is -2.61. The third-order valence-corrected chi connectivity index (χ3v) is 22.4. The molecule has 64 heavy (non-hydrogen) atoms. The highest BCUT2D eigenvalue weighted by atomic mass is 16.5. The number of ether oxygens (including phenoxy) is 4. The van der Waals surface area contributed by atoms with Gasteiger partial charge in [-0.1, -0.05) is 41.5 Å². The van der Waals surface area contributed by atoms with E-state index in [-0.39, 0.29) is 36.1 Å². The Morgan fingerprint density at radius 1 is 0.453 bits per heavy atom. The molecule has 18 atom stereocenters. The van der Waals surface area contributed by atoms with Crippen LogP contribution in [0.1, 0.15) is 208 Å². The fraction of sp³-hybridized carbons (Fsp3) is 0.929. The monoisotopic (exact) mass is 891 g/mol. The van der Waals surface area contributed by atoms with E-state index in [1.165, 1.54) is 91.3 Å². The van der Waals surface area contributed by atoms with Crippen LogP contribution in [0.15, 0.2) is 0 Å². The molecular formula is C56H90O8. The molecule has 8 nitrogen and oxygen atoms in total. The van der Waals surface area contributed by atoms with Crippen molar-refractivity contribution in [3.63, 3.8) is 0 Å². The van der Waals surface area contributed by atoms with Crippen molar-refractivity contribution < 1.29 is 38.1 Å². The summed E-state index contributed by atoms with van der Waals surface area (Å²) in [4.78, 5) is 50.2. The molecule has 362 valence electrons. The van der Waals surface area contributed by atoms with E-state index in [0.717, 1.165) is 86.9 Å². The molecule has 0 bridgehead atoms. The van der Waals surface area contributed by atoms with Gasteiger partial charge in [0, 0.05) is 25.7 Å². The third kappa shape index (κ3) is 9.12. The maximum Gasteiger partial charge on any atom is 0.306 e. The van der Waals surface area contributed by atoms with Gasteiger partial charge in [0.05, 0.1) is 14.2 Å². The van der Waals surface area contributed by atoms with E-state index in [4.69, 9.17) is 18.9 Å². The van der Waals surface area contributed by atoms with Gasteiger partial charge in [-0.15, -0.1) is 0 Å². The first-order chi connectivity index (χ1) is 30.5. The first-order valence-electron chi connectivity index (χ1n) is 27.1. The van der Waals surface area contributed by atoms with Gasteiger partial charge in [0.1, 0.15) is 12.2 Å². The van der Waals surface area contributed by atoms with Gasteiger partial charge in [-0.2, -0.15) is 0 Å². The van der Waals surface area contributed by atoms with Gasteiger partial charge in [-0.25, -0.2) is 0 Å². The van der Waals surface area contributed by atoms with Gasteiger partial charge < -0.3 is 18.9 Å². The van der Waals surface area contributed by atoms with E-state index in [9.17, 15) is 19.2 Å². The van der Waals surface area contributed by atoms with Gasteiger partial charge in [-0.05, 0) is 234 Å². The maximum atomic E-state index is 13.2. The average Bonchev–Trinajstić information content (AvgIpc) is 3.83. The number of carbonyl (C=O) groups is 4. The number of methoxy groups -OCH3 is 2. The molecule has 0 unspecified atom stereocenters. The minimum absolute atomic E-state index is 0.0284. The molecular weight excluding hydrogens is 801 g/mol. The number of unbranched alkanes of at least 4 members (excludes halogenated alkanes) is 1. The van der Waals surface area contributed by atoms with Crippen molar-refractivity contribution in [2.24, 2.45) is 92.7 Å². The summed E-state index contributed by atoms with van der Waals surface area (Å²) >= 11 is 0. The van der Waals surface area contributed by atoms with Crippen molar-refractivity contribution in [3.8, 4) is 0 Å². The summed E-state index contributed by atoms with van der Waals surface area (Å²) in [5.41, 5.74) is 1.44. The molecule has 0 saturated heterocycles. The van der Waals surface area contributed by atoms with E-state index >= 15 is 0 Å². The first-order valence-corrected chi connectivity index (χ1v) is 27.1. The van der Waals surface area contributed by atoms with Crippen molar-refractivity contribution in [1.29, 1.82) is 0 Å². The van der Waals surface area contributed by atoms with Crippen molar-refractivity contribution in [2.45, 2.75) is 221 Å². The minimum Gasteiger partial charge on any atom is -0.469 e. The molecule has 8 fully saturated rings. The van der Waals surface area contributed by atoms with Crippen LogP contribution in [0.3, 0.4) is 0 Å². The summed E-state index contributed by atoms with van der Waals surface area (Å²) in [5.74, 6) is 8.17. The highest BCUT2D eigenvalue weighted by molar-refractivity contribution is 5.71. The summed E-state index contributed by atoms with van der Waals surface area (Å²) in [6.07, 6.45) is 27.1. The molecule has 0 aromatic heterocycles. The molecule has 0 aliphatic heterocycles. The molecule has 0 N–H and O–H groups in total. The lowest BCUT2D eigenvalue weighted by Crippen LogP contribution is -2.54. The van der Waals surface area contributed by atoms with Gasteiger partial charge in [0.2, 0.25) is 0 Å². The fourth-order valence-electron chi connectivity index (χ4n) is 18.9. The lowest BCUT2D eigenvalue weighted by molar-refractivity contribution is -0.164. The zero-order valence-corrected chi connectivity index (χ0v) is 41.7. The molecule has 8 aliphatic carbocycles. The number of carbonyl (C=O) groups excluding carboxylic acids is 4. The number of rotatable bonds is 15. The summed E-state index contributed by atoms with van der Waals surface area (Å²) in [5, 5.41) is 0. The van der Waals surface area contributed by atoms with Crippen LogP contribution in [0.4, 0.5) is 0 Å². The number of hydrogen-bond acceptors (Lipinski definition) is 8. The SMILES string of the molecule is COC(=O)CC[C@@H](C)[C@H]1CC[C@H]2[C@@H]3CC[C@@H]4C[C@H](OC(=O)CCCCC(=O)O[C@@H]5CC[C@@]6(C)[C@H](CC[C@@H]7[C@@H]6CC[C@]6(C)[C@@H]([C@H](C)CCC(=O)OC)CC[C@@H]76)C5)CC[C@]4(C)[C@H]3CC[C@]12C. The molecule has 8 rings (SSSR count). The molecule has 0 radical (unpaired) electrons. The normalized spacial score (nSPS) is 44.3. The van der Waals surface area contributed by atoms with Gasteiger partial charge in [0.15, 0.2) is 0 Å². The summed E-state index contributed by atoms with van der Waals surface area (Å²) in [6, 6.07) is 0. The predicted molar refractivity (Wildman–Crippen MR) is 249 cm³/mol. The van der Waals surface area contributed by atoms with Gasteiger partial charge in [0.25, 0.3) is 0 Å². The van der Waals surface area contributed by atoms with E-state index in [1.54, 1.807) is 0 Å². The third-order valence-electron chi connectivity index (χ3n) is 22.4. The van der Waals surface area contributed by atoms with Crippen LogP contribution in [0.5, 0.6) is 0 Å². The van der Waals surface area contributed by atoms with Crippen LogP contribution >= 0.6 is 0 Å². The standard InChI is InChI=1S/C56H90O8/c1-35(13-23-49(57)61-7)43-19-21-45-41-17-15-37-33-39(25-29-53(37,3)47(41)27-31-55(43,45)5)63-51(59)11-9-10-12-52(60)64-40-26-30-54(4)38(34-40)16-18-42-46-22-20-44(36(2)14-24-50(58)62-8)56(46,6)32-28-48(42)54/h35-48H,9-34H2,1-8H3/t35-,36-,37-,38-,39-,40-,41+,42+,43-,44-,45+,46+,47+,48+,53+,54+,55-,56-/m1/s1. The quantitative estimate of drug-likeness (QED) is 0.0909. The smallest absolute Gasteiger partial charge is 0.306 e. The van der Waals surface area contributed by atoms with Gasteiger partial charge in [-0.3, -0.25) is 19.2 Å². The Hall–Kier alpha value is -2.12. The Balaban J connectivity index is 0.733. The van der Waals surface area contributed by atoms with Crippen LogP contribution in [-0.4, -0.2) is 50.3 Å².